The smallest absolute Gasteiger partial charge is 0.333 e. The third-order valence-electron chi connectivity index (χ3n) is 3.44. The summed E-state index contributed by atoms with van der Waals surface area (Å²) < 4.78 is 5.19. The number of hydrogen-bond acceptors (Lipinski definition) is 5. The average Bonchev–Trinajstić information content (AvgIpc) is 2.51. The Labute approximate surface area is 133 Å². The first-order valence-corrected chi connectivity index (χ1v) is 7.32. The molecule has 23 heavy (non-hydrogen) atoms. The Bertz CT molecular complexity index is 607. The number of aliphatic imine (C=N–C) groups is 1. The fraction of sp³-hybridized carbons (Fsp3) is 0.400. The molecule has 0 aromatic heterocycles. The molecule has 8 nitrogen and oxygen atoms in total. The average molecular weight is 320 g/mol. The van der Waals surface area contributed by atoms with Gasteiger partial charge in [-0.05, 0) is 25.3 Å². The van der Waals surface area contributed by atoms with Crippen molar-refractivity contribution in [2.24, 2.45) is 16.5 Å². The number of carboxylic acids is 1. The van der Waals surface area contributed by atoms with E-state index in [9.17, 15) is 9.59 Å². The molecule has 2 atom stereocenters. The second-order valence-electron chi connectivity index (χ2n) is 5.22. The molecule has 2 rings (SSSR count). The number of guanidine groups is 1. The Hall–Kier alpha value is -2.61. The van der Waals surface area contributed by atoms with E-state index in [-0.39, 0.29) is 5.96 Å². The molecule has 0 aromatic carbocycles. The van der Waals surface area contributed by atoms with Gasteiger partial charge in [-0.1, -0.05) is 12.2 Å². The second kappa shape index (κ2) is 7.59. The highest BCUT2D eigenvalue weighted by Gasteiger charge is 2.26. The Morgan fingerprint density at radius 2 is 2.35 bits per heavy atom. The third-order valence-corrected chi connectivity index (χ3v) is 3.44. The number of nitrogens with one attached hydrogen (secondary N) is 1. The van der Waals surface area contributed by atoms with Crippen molar-refractivity contribution in [1.82, 2.24) is 5.32 Å². The maximum atomic E-state index is 11.6. The third kappa shape index (κ3) is 4.68. The van der Waals surface area contributed by atoms with Crippen LogP contribution in [0.25, 0.3) is 0 Å². The Balaban J connectivity index is 1.90. The van der Waals surface area contributed by atoms with Crippen LogP contribution in [-0.4, -0.2) is 41.7 Å². The number of rotatable bonds is 6. The zero-order chi connectivity index (χ0) is 16.8. The molecule has 0 radical (unpaired) electrons. The van der Waals surface area contributed by atoms with Crippen LogP contribution in [-0.2, 0) is 14.3 Å². The monoisotopic (exact) mass is 320 g/mol. The van der Waals surface area contributed by atoms with Crippen LogP contribution in [0.5, 0.6) is 0 Å². The van der Waals surface area contributed by atoms with Crippen molar-refractivity contribution < 1.29 is 19.4 Å². The normalized spacial score (nSPS) is 21.7. The van der Waals surface area contributed by atoms with E-state index in [1.165, 1.54) is 6.08 Å². The van der Waals surface area contributed by atoms with Crippen LogP contribution >= 0.6 is 0 Å². The van der Waals surface area contributed by atoms with E-state index in [1.54, 1.807) is 0 Å². The lowest BCUT2D eigenvalue weighted by Crippen LogP contribution is -2.37. The molecule has 0 bridgehead atoms. The first-order chi connectivity index (χ1) is 11.0. The number of carboxylic acid groups (broad SMARTS) is 1. The number of ether oxygens (including phenoxy) is 1. The van der Waals surface area contributed by atoms with Gasteiger partial charge in [0.25, 0.3) is 0 Å². The molecule has 8 heteroatoms. The van der Waals surface area contributed by atoms with Gasteiger partial charge in [0.2, 0.25) is 0 Å². The van der Waals surface area contributed by atoms with Gasteiger partial charge in [-0.25, -0.2) is 4.79 Å². The van der Waals surface area contributed by atoms with Gasteiger partial charge in [0.15, 0.2) is 5.96 Å². The Kier molecular flexibility index (Phi) is 5.53. The fourth-order valence-electron chi connectivity index (χ4n) is 2.26. The molecule has 124 valence electrons. The number of hydrogen-bond donors (Lipinski definition) is 4. The summed E-state index contributed by atoms with van der Waals surface area (Å²) >= 11 is 0. The van der Waals surface area contributed by atoms with Crippen molar-refractivity contribution in [2.75, 3.05) is 6.54 Å². The lowest BCUT2D eigenvalue weighted by Gasteiger charge is -2.26. The molecular weight excluding hydrogens is 300 g/mol. The van der Waals surface area contributed by atoms with Crippen molar-refractivity contribution in [2.45, 2.75) is 31.4 Å². The summed E-state index contributed by atoms with van der Waals surface area (Å²) in [6, 6.07) is -0.893. The van der Waals surface area contributed by atoms with Gasteiger partial charge in [0.05, 0.1) is 5.70 Å². The van der Waals surface area contributed by atoms with Crippen molar-refractivity contribution in [3.63, 3.8) is 0 Å². The molecule has 0 spiro atoms. The van der Waals surface area contributed by atoms with Crippen molar-refractivity contribution in [3.8, 4) is 0 Å². The minimum Gasteiger partial charge on any atom is -0.480 e. The van der Waals surface area contributed by atoms with Crippen LogP contribution < -0.4 is 16.8 Å². The van der Waals surface area contributed by atoms with E-state index >= 15 is 0 Å². The van der Waals surface area contributed by atoms with Gasteiger partial charge in [0, 0.05) is 18.2 Å². The first-order valence-electron chi connectivity index (χ1n) is 7.32. The second-order valence-corrected chi connectivity index (χ2v) is 5.22. The maximum Gasteiger partial charge on any atom is 0.333 e. The summed E-state index contributed by atoms with van der Waals surface area (Å²) in [7, 11) is 0. The molecule has 1 aliphatic carbocycles. The van der Waals surface area contributed by atoms with Crippen molar-refractivity contribution in [1.29, 1.82) is 0 Å². The van der Waals surface area contributed by atoms with Gasteiger partial charge >= 0.3 is 11.9 Å². The highest BCUT2D eigenvalue weighted by atomic mass is 16.5. The minimum absolute atomic E-state index is 0.157. The highest BCUT2D eigenvalue weighted by Crippen LogP contribution is 2.25. The lowest BCUT2D eigenvalue weighted by molar-refractivity contribution is -0.140. The molecule has 1 heterocycles. The first kappa shape index (κ1) is 16.8. The molecule has 6 N–H and O–H groups in total. The number of fused-ring (bicyclic) bond motifs is 1. The number of aliphatic carboxylic acids is 1. The molecule has 1 aliphatic heterocycles. The van der Waals surface area contributed by atoms with Crippen LogP contribution in [0.3, 0.4) is 0 Å². The van der Waals surface area contributed by atoms with Crippen LogP contribution in [0, 0.1) is 0 Å². The zero-order valence-electron chi connectivity index (χ0n) is 12.6. The van der Waals surface area contributed by atoms with E-state index in [0.717, 1.165) is 12.0 Å². The molecule has 0 saturated heterocycles. The van der Waals surface area contributed by atoms with Crippen LogP contribution in [0.4, 0.5) is 0 Å². The number of esters is 1. The van der Waals surface area contributed by atoms with Crippen molar-refractivity contribution in [3.05, 3.63) is 35.6 Å². The summed E-state index contributed by atoms with van der Waals surface area (Å²) in [5.74, 6) is -1.32. The number of nitrogens with two attached hydrogens (primary N) is 2. The summed E-state index contributed by atoms with van der Waals surface area (Å²) in [4.78, 5) is 26.3. The standard InChI is InChI=1S/C15H20N4O4/c16-10(14(21)22)5-3-7-18-15(17)19-11-8-13(20)23-12-6-2-1-4-9(11)12/h2,4,6,8,10,12H,1,3,5,7,16H2,(H,21,22)(H3,17,18,19)/t10-,12?/m1/s1. The van der Waals surface area contributed by atoms with Gasteiger partial charge in [-0.2, -0.15) is 0 Å². The molecule has 0 amide bonds. The summed E-state index contributed by atoms with van der Waals surface area (Å²) in [5.41, 5.74) is 12.6. The topological polar surface area (TPSA) is 140 Å². The molecule has 0 aromatic rings. The molecule has 2 aliphatic rings. The molecule has 0 saturated carbocycles. The number of carbonyl (C=O) groups is 2. The van der Waals surface area contributed by atoms with Gasteiger partial charge in [0.1, 0.15) is 12.1 Å². The van der Waals surface area contributed by atoms with Crippen LogP contribution in [0.15, 0.2) is 40.6 Å². The maximum absolute atomic E-state index is 11.6. The lowest BCUT2D eigenvalue weighted by atomic mass is 9.97. The van der Waals surface area contributed by atoms with Crippen LogP contribution in [0.2, 0.25) is 0 Å². The predicted molar refractivity (Wildman–Crippen MR) is 84.3 cm³/mol. The molecule has 0 fully saturated rings. The summed E-state index contributed by atoms with van der Waals surface area (Å²) in [6.07, 6.45) is 8.22. The minimum atomic E-state index is -1.03. The van der Waals surface area contributed by atoms with E-state index < -0.39 is 24.1 Å². The molecular formula is C15H20N4O4. The van der Waals surface area contributed by atoms with Gasteiger partial charge in [-0.3, -0.25) is 9.79 Å². The quantitative estimate of drug-likeness (QED) is 0.174. The Morgan fingerprint density at radius 3 is 3.09 bits per heavy atom. The fourth-order valence-corrected chi connectivity index (χ4v) is 2.26. The van der Waals surface area contributed by atoms with E-state index in [0.29, 0.717) is 25.1 Å². The van der Waals surface area contributed by atoms with E-state index in [1.807, 2.05) is 18.2 Å². The largest absolute Gasteiger partial charge is 0.480 e. The Morgan fingerprint density at radius 1 is 1.57 bits per heavy atom. The predicted octanol–water partition coefficient (Wildman–Crippen LogP) is -0.222. The SMILES string of the molecule is NC(=NCCC[C@@H](N)C(=O)O)NC1=CC(=O)OC2C=CCC=C12. The number of carbonyl (C=O) groups excluding carboxylic acids is 1. The van der Waals surface area contributed by atoms with Crippen molar-refractivity contribution >= 4 is 17.9 Å². The van der Waals surface area contributed by atoms with Gasteiger partial charge in [-0.15, -0.1) is 0 Å². The summed E-state index contributed by atoms with van der Waals surface area (Å²) in [5, 5.41) is 11.6. The number of nitrogens with zero attached hydrogens (tertiary/aromatic N) is 1. The van der Waals surface area contributed by atoms with Gasteiger partial charge < -0.3 is 26.6 Å². The van der Waals surface area contributed by atoms with E-state index in [2.05, 4.69) is 10.3 Å². The molecule has 1 unspecified atom stereocenters. The zero-order valence-corrected chi connectivity index (χ0v) is 12.6. The van der Waals surface area contributed by atoms with E-state index in [4.69, 9.17) is 21.3 Å². The number of allylic oxidation sites excluding steroid dienone is 2. The van der Waals surface area contributed by atoms with Crippen LogP contribution in [0.1, 0.15) is 19.3 Å². The highest BCUT2D eigenvalue weighted by molar-refractivity contribution is 5.89. The summed E-state index contributed by atoms with van der Waals surface area (Å²) in [6.45, 7) is 0.347.